The lowest BCUT2D eigenvalue weighted by Crippen LogP contribution is -2.41. The summed E-state index contributed by atoms with van der Waals surface area (Å²) in [6.45, 7) is 7.70. The van der Waals surface area contributed by atoms with Gasteiger partial charge in [-0.3, -0.25) is 0 Å². The summed E-state index contributed by atoms with van der Waals surface area (Å²) in [5, 5.41) is 3.52. The predicted octanol–water partition coefficient (Wildman–Crippen LogP) is 2.94. The van der Waals surface area contributed by atoms with Gasteiger partial charge in [0.15, 0.2) is 0 Å². The van der Waals surface area contributed by atoms with Crippen LogP contribution in [0.1, 0.15) is 24.5 Å². The summed E-state index contributed by atoms with van der Waals surface area (Å²) >= 11 is 0. The maximum atomic E-state index is 3.52. The minimum Gasteiger partial charge on any atom is -0.381 e. The van der Waals surface area contributed by atoms with Crippen LogP contribution in [-0.4, -0.2) is 19.6 Å². The maximum Gasteiger partial charge on any atom is 0.0634 e. The van der Waals surface area contributed by atoms with Gasteiger partial charge in [0.25, 0.3) is 0 Å². The van der Waals surface area contributed by atoms with E-state index in [2.05, 4.69) is 50.2 Å². The molecule has 1 N–H and O–H groups in total. The molecule has 1 heterocycles. The van der Waals surface area contributed by atoms with Gasteiger partial charge in [0, 0.05) is 19.6 Å². The summed E-state index contributed by atoms with van der Waals surface area (Å²) in [4.78, 5) is 2.42. The number of rotatable bonds is 1. The van der Waals surface area contributed by atoms with Crippen molar-refractivity contribution in [1.29, 1.82) is 0 Å². The van der Waals surface area contributed by atoms with Crippen molar-refractivity contribution < 1.29 is 0 Å². The van der Waals surface area contributed by atoms with Crippen molar-refractivity contribution in [2.24, 2.45) is 0 Å². The average Bonchev–Trinajstić information content (AvgIpc) is 2.24. The Morgan fingerprint density at radius 1 is 1.40 bits per heavy atom. The van der Waals surface area contributed by atoms with Gasteiger partial charge >= 0.3 is 0 Å². The lowest BCUT2D eigenvalue weighted by Gasteiger charge is -2.37. The van der Waals surface area contributed by atoms with Crippen molar-refractivity contribution in [2.75, 3.05) is 23.8 Å². The van der Waals surface area contributed by atoms with Gasteiger partial charge in [0.2, 0.25) is 0 Å². The highest BCUT2D eigenvalue weighted by atomic mass is 15.2. The minimum atomic E-state index is 0.623. The van der Waals surface area contributed by atoms with Crippen molar-refractivity contribution in [2.45, 2.75) is 33.2 Å². The van der Waals surface area contributed by atoms with E-state index in [0.29, 0.717) is 6.04 Å². The highest BCUT2D eigenvalue weighted by Gasteiger charge is 2.23. The molecule has 0 fully saturated rings. The van der Waals surface area contributed by atoms with Crippen molar-refractivity contribution in [3.63, 3.8) is 0 Å². The van der Waals surface area contributed by atoms with Crippen molar-refractivity contribution in [3.8, 4) is 0 Å². The summed E-state index contributed by atoms with van der Waals surface area (Å²) in [7, 11) is 2.21. The number of nitrogens with zero attached hydrogens (tertiary/aromatic N) is 1. The Balaban J connectivity index is 2.49. The molecule has 1 aliphatic heterocycles. The third-order valence-electron chi connectivity index (χ3n) is 3.60. The van der Waals surface area contributed by atoms with Crippen LogP contribution in [0.5, 0.6) is 0 Å². The fraction of sp³-hybridized carbons (Fsp3) is 0.538. The van der Waals surface area contributed by atoms with E-state index in [-0.39, 0.29) is 0 Å². The van der Waals surface area contributed by atoms with E-state index in [1.807, 2.05) is 0 Å². The molecule has 2 heteroatoms. The van der Waals surface area contributed by atoms with E-state index in [4.69, 9.17) is 0 Å². The van der Waals surface area contributed by atoms with E-state index in [0.717, 1.165) is 6.54 Å². The van der Waals surface area contributed by atoms with E-state index in [1.165, 1.54) is 28.9 Å². The molecular formula is C13H20N2. The molecule has 0 radical (unpaired) electrons. The molecule has 1 aliphatic rings. The Morgan fingerprint density at radius 3 is 2.80 bits per heavy atom. The molecule has 1 aromatic carbocycles. The smallest absolute Gasteiger partial charge is 0.0634 e. The molecule has 1 unspecified atom stereocenters. The van der Waals surface area contributed by atoms with E-state index < -0.39 is 0 Å². The predicted molar refractivity (Wildman–Crippen MR) is 66.9 cm³/mol. The van der Waals surface area contributed by atoms with Gasteiger partial charge in [-0.2, -0.15) is 0 Å². The molecule has 0 aliphatic carbocycles. The van der Waals surface area contributed by atoms with Gasteiger partial charge in [-0.15, -0.1) is 0 Å². The van der Waals surface area contributed by atoms with Crippen LogP contribution in [0.3, 0.4) is 0 Å². The van der Waals surface area contributed by atoms with Crippen LogP contribution < -0.4 is 10.2 Å². The van der Waals surface area contributed by atoms with Gasteiger partial charge in [-0.1, -0.05) is 13.0 Å². The molecule has 0 aromatic heterocycles. The first-order valence-electron chi connectivity index (χ1n) is 5.72. The number of fused-ring (bicyclic) bond motifs is 1. The van der Waals surface area contributed by atoms with Crippen LogP contribution in [0.4, 0.5) is 11.4 Å². The Labute approximate surface area is 92.3 Å². The van der Waals surface area contributed by atoms with Crippen LogP contribution in [0.2, 0.25) is 0 Å². The molecule has 0 saturated heterocycles. The van der Waals surface area contributed by atoms with Crippen LogP contribution in [-0.2, 0) is 0 Å². The van der Waals surface area contributed by atoms with Crippen molar-refractivity contribution >= 4 is 11.4 Å². The molecular weight excluding hydrogens is 184 g/mol. The molecule has 0 amide bonds. The van der Waals surface area contributed by atoms with Crippen LogP contribution in [0.25, 0.3) is 0 Å². The maximum absolute atomic E-state index is 3.52. The second kappa shape index (κ2) is 3.76. The number of benzene rings is 1. The highest BCUT2D eigenvalue weighted by Crippen LogP contribution is 2.35. The zero-order valence-corrected chi connectivity index (χ0v) is 10.1. The number of aryl methyl sites for hydroxylation is 1. The Kier molecular flexibility index (Phi) is 2.59. The molecule has 1 aromatic rings. The van der Waals surface area contributed by atoms with Crippen LogP contribution in [0, 0.1) is 13.8 Å². The van der Waals surface area contributed by atoms with E-state index in [9.17, 15) is 0 Å². The fourth-order valence-electron chi connectivity index (χ4n) is 2.36. The molecule has 2 nitrogen and oxygen atoms in total. The topological polar surface area (TPSA) is 15.3 Å². The SMILES string of the molecule is CCC1CNc2ccc(C)c(C)c2N1C. The van der Waals surface area contributed by atoms with Crippen molar-refractivity contribution in [1.82, 2.24) is 0 Å². The third-order valence-corrected chi connectivity index (χ3v) is 3.60. The summed E-state index contributed by atoms with van der Waals surface area (Å²) in [5.74, 6) is 0. The summed E-state index contributed by atoms with van der Waals surface area (Å²) in [6, 6.07) is 5.01. The monoisotopic (exact) mass is 204 g/mol. The average molecular weight is 204 g/mol. The molecule has 0 spiro atoms. The molecule has 0 bridgehead atoms. The van der Waals surface area contributed by atoms with Crippen molar-refractivity contribution in [3.05, 3.63) is 23.3 Å². The summed E-state index contributed by atoms with van der Waals surface area (Å²) < 4.78 is 0. The van der Waals surface area contributed by atoms with E-state index >= 15 is 0 Å². The summed E-state index contributed by atoms with van der Waals surface area (Å²) in [6.07, 6.45) is 1.19. The zero-order valence-electron chi connectivity index (χ0n) is 10.1. The van der Waals surface area contributed by atoms with Crippen LogP contribution >= 0.6 is 0 Å². The molecule has 0 saturated carbocycles. The third kappa shape index (κ3) is 1.58. The molecule has 1 atom stereocenters. The summed E-state index contributed by atoms with van der Waals surface area (Å²) in [5.41, 5.74) is 5.44. The van der Waals surface area contributed by atoms with E-state index in [1.54, 1.807) is 0 Å². The zero-order chi connectivity index (χ0) is 11.0. The first kappa shape index (κ1) is 10.3. The lowest BCUT2D eigenvalue weighted by molar-refractivity contribution is 0.621. The largest absolute Gasteiger partial charge is 0.381 e. The Bertz CT molecular complexity index is 371. The fourth-order valence-corrected chi connectivity index (χ4v) is 2.36. The van der Waals surface area contributed by atoms with Gasteiger partial charge in [0.05, 0.1) is 11.4 Å². The van der Waals surface area contributed by atoms with Gasteiger partial charge in [0.1, 0.15) is 0 Å². The quantitative estimate of drug-likeness (QED) is 0.756. The number of hydrogen-bond acceptors (Lipinski definition) is 2. The molecule has 2 rings (SSSR count). The first-order valence-corrected chi connectivity index (χ1v) is 5.72. The van der Waals surface area contributed by atoms with Gasteiger partial charge in [-0.25, -0.2) is 0 Å². The minimum absolute atomic E-state index is 0.623. The van der Waals surface area contributed by atoms with Gasteiger partial charge < -0.3 is 10.2 Å². The standard InChI is InChI=1S/C13H20N2/c1-5-11-8-14-12-7-6-9(2)10(3)13(12)15(11)4/h6-7,11,14H,5,8H2,1-4H3. The number of nitrogens with one attached hydrogen (secondary N) is 1. The first-order chi connectivity index (χ1) is 7.15. The number of anilines is 2. The highest BCUT2D eigenvalue weighted by molar-refractivity contribution is 5.77. The Morgan fingerprint density at radius 2 is 2.13 bits per heavy atom. The second-order valence-corrected chi connectivity index (χ2v) is 4.46. The molecule has 82 valence electrons. The normalized spacial score (nSPS) is 19.7. The number of hydrogen-bond donors (Lipinski definition) is 1. The molecule has 15 heavy (non-hydrogen) atoms. The van der Waals surface area contributed by atoms with Crippen LogP contribution in [0.15, 0.2) is 12.1 Å². The lowest BCUT2D eigenvalue weighted by atomic mass is 10.0. The Hall–Kier alpha value is -1.18. The number of likely N-dealkylation sites (N-methyl/N-ethyl adjacent to an activating group) is 1. The van der Waals surface area contributed by atoms with Gasteiger partial charge in [-0.05, 0) is 37.5 Å². The second-order valence-electron chi connectivity index (χ2n) is 4.46.